The van der Waals surface area contributed by atoms with Gasteiger partial charge >= 0.3 is 0 Å². The van der Waals surface area contributed by atoms with E-state index in [1.54, 1.807) is 34.2 Å². The van der Waals surface area contributed by atoms with Gasteiger partial charge in [0.1, 0.15) is 5.82 Å². The fourth-order valence-electron chi connectivity index (χ4n) is 3.37. The molecule has 0 spiro atoms. The Kier molecular flexibility index (Phi) is 4.86. The molecule has 1 atom stereocenters. The van der Waals surface area contributed by atoms with Gasteiger partial charge in [0.2, 0.25) is 5.82 Å². The maximum atomic E-state index is 13.9. The fraction of sp³-hybridized carbons (Fsp3) is 0.316. The minimum absolute atomic E-state index is 0.122. The zero-order chi connectivity index (χ0) is 18.6. The molecule has 4 rings (SSSR count). The topological polar surface area (TPSA) is 76.8 Å². The number of carbonyl (C=O) groups excluding carboxylic acids is 1. The minimum atomic E-state index is -0.482. The molecule has 0 N–H and O–H groups in total. The molecule has 1 aliphatic heterocycles. The van der Waals surface area contributed by atoms with Crippen molar-refractivity contribution in [3.63, 3.8) is 0 Å². The van der Waals surface area contributed by atoms with E-state index < -0.39 is 5.82 Å². The van der Waals surface area contributed by atoms with Gasteiger partial charge in [0.05, 0.1) is 12.1 Å². The van der Waals surface area contributed by atoms with Gasteiger partial charge in [-0.3, -0.25) is 9.78 Å². The number of hydrogen-bond donors (Lipinski definition) is 0. The van der Waals surface area contributed by atoms with E-state index in [-0.39, 0.29) is 17.4 Å². The third-order valence-corrected chi connectivity index (χ3v) is 4.72. The highest BCUT2D eigenvalue weighted by Crippen LogP contribution is 2.21. The van der Waals surface area contributed by atoms with Crippen LogP contribution in [0.2, 0.25) is 0 Å². The van der Waals surface area contributed by atoms with E-state index in [4.69, 9.17) is 0 Å². The molecule has 0 bridgehead atoms. The van der Waals surface area contributed by atoms with Gasteiger partial charge in [-0.15, -0.1) is 10.2 Å². The molecule has 0 unspecified atom stereocenters. The molecule has 0 radical (unpaired) electrons. The molecular formula is C19H19FN6O. The molecule has 0 saturated carbocycles. The lowest BCUT2D eigenvalue weighted by molar-refractivity contribution is 0.0651. The lowest BCUT2D eigenvalue weighted by Gasteiger charge is -2.32. The quantitative estimate of drug-likeness (QED) is 0.709. The van der Waals surface area contributed by atoms with Crippen LogP contribution in [0.15, 0.2) is 48.8 Å². The van der Waals surface area contributed by atoms with Gasteiger partial charge in [-0.05, 0) is 48.2 Å². The Hall–Kier alpha value is -3.16. The second-order valence-corrected chi connectivity index (χ2v) is 6.64. The molecule has 3 aromatic rings. The summed E-state index contributed by atoms with van der Waals surface area (Å²) < 4.78 is 13.9. The van der Waals surface area contributed by atoms with Gasteiger partial charge < -0.3 is 4.90 Å². The van der Waals surface area contributed by atoms with Gasteiger partial charge in [0, 0.05) is 31.0 Å². The monoisotopic (exact) mass is 366 g/mol. The van der Waals surface area contributed by atoms with E-state index in [1.807, 2.05) is 12.1 Å². The van der Waals surface area contributed by atoms with Gasteiger partial charge in [-0.1, -0.05) is 12.1 Å². The third kappa shape index (κ3) is 3.84. The van der Waals surface area contributed by atoms with Crippen LogP contribution in [0.3, 0.4) is 0 Å². The molecule has 0 aliphatic carbocycles. The molecule has 3 heterocycles. The maximum Gasteiger partial charge on any atom is 0.256 e. The molecule has 1 aliphatic rings. The Bertz CT molecular complexity index is 929. The van der Waals surface area contributed by atoms with Crippen molar-refractivity contribution in [3.8, 4) is 11.4 Å². The number of piperidine rings is 1. The van der Waals surface area contributed by atoms with E-state index in [0.29, 0.717) is 25.5 Å². The minimum Gasteiger partial charge on any atom is -0.338 e. The number of carbonyl (C=O) groups is 1. The Morgan fingerprint density at radius 1 is 1.19 bits per heavy atom. The number of nitrogens with zero attached hydrogens (tertiary/aromatic N) is 6. The van der Waals surface area contributed by atoms with E-state index in [9.17, 15) is 9.18 Å². The van der Waals surface area contributed by atoms with Gasteiger partial charge in [-0.2, -0.15) is 4.80 Å². The average molecular weight is 366 g/mol. The van der Waals surface area contributed by atoms with Crippen molar-refractivity contribution in [2.45, 2.75) is 19.4 Å². The zero-order valence-electron chi connectivity index (χ0n) is 14.7. The van der Waals surface area contributed by atoms with Gasteiger partial charge in [0.15, 0.2) is 0 Å². The number of tetrazole rings is 1. The lowest BCUT2D eigenvalue weighted by atomic mass is 9.97. The first-order valence-corrected chi connectivity index (χ1v) is 8.93. The van der Waals surface area contributed by atoms with Gasteiger partial charge in [0.25, 0.3) is 5.91 Å². The number of hydrogen-bond acceptors (Lipinski definition) is 5. The highest BCUT2D eigenvalue weighted by Gasteiger charge is 2.26. The summed E-state index contributed by atoms with van der Waals surface area (Å²) in [6.07, 6.45) is 5.21. The Balaban J connectivity index is 1.43. The van der Waals surface area contributed by atoms with Crippen molar-refractivity contribution < 1.29 is 9.18 Å². The summed E-state index contributed by atoms with van der Waals surface area (Å²) in [4.78, 5) is 19.9. The number of pyridine rings is 1. The van der Waals surface area contributed by atoms with E-state index in [0.717, 1.165) is 18.4 Å². The second-order valence-electron chi connectivity index (χ2n) is 6.64. The number of halogens is 1. The first kappa shape index (κ1) is 17.3. The molecule has 8 heteroatoms. The summed E-state index contributed by atoms with van der Waals surface area (Å²) in [5.74, 6) is 0.00726. The molecule has 1 aromatic carbocycles. The number of amides is 1. The Morgan fingerprint density at radius 3 is 2.81 bits per heavy atom. The summed E-state index contributed by atoms with van der Waals surface area (Å²) in [7, 11) is 0. The predicted octanol–water partition coefficient (Wildman–Crippen LogP) is 2.43. The highest BCUT2D eigenvalue weighted by atomic mass is 19.1. The first-order valence-electron chi connectivity index (χ1n) is 8.93. The fourth-order valence-corrected chi connectivity index (χ4v) is 3.37. The van der Waals surface area contributed by atoms with Crippen LogP contribution in [-0.2, 0) is 6.54 Å². The van der Waals surface area contributed by atoms with Gasteiger partial charge in [-0.25, -0.2) is 4.39 Å². The Morgan fingerprint density at radius 2 is 2.00 bits per heavy atom. The predicted molar refractivity (Wildman–Crippen MR) is 96.1 cm³/mol. The molecule has 1 fully saturated rings. The zero-order valence-corrected chi connectivity index (χ0v) is 14.7. The van der Waals surface area contributed by atoms with Crippen LogP contribution in [0.25, 0.3) is 11.4 Å². The number of aromatic nitrogens is 5. The second kappa shape index (κ2) is 7.61. The number of likely N-dealkylation sites (tertiary alicyclic amines) is 1. The Labute approximate surface area is 155 Å². The van der Waals surface area contributed by atoms with E-state index >= 15 is 0 Å². The van der Waals surface area contributed by atoms with E-state index in [1.165, 1.54) is 12.1 Å². The molecule has 1 amide bonds. The van der Waals surface area contributed by atoms with Crippen molar-refractivity contribution in [1.29, 1.82) is 0 Å². The summed E-state index contributed by atoms with van der Waals surface area (Å²) in [5.41, 5.74) is 0.980. The van der Waals surface area contributed by atoms with Crippen LogP contribution >= 0.6 is 0 Å². The smallest absolute Gasteiger partial charge is 0.256 e. The molecule has 138 valence electrons. The third-order valence-electron chi connectivity index (χ3n) is 4.72. The molecule has 1 saturated heterocycles. The SMILES string of the molecule is O=C(c1ccccc1F)N1CCC[C@@H](Cn2nnc(-c3ccncc3)n2)C1. The molecule has 27 heavy (non-hydrogen) atoms. The summed E-state index contributed by atoms with van der Waals surface area (Å²) in [5, 5.41) is 12.6. The summed E-state index contributed by atoms with van der Waals surface area (Å²) in [6.45, 7) is 1.76. The van der Waals surface area contributed by atoms with Crippen molar-refractivity contribution in [2.24, 2.45) is 5.92 Å². The van der Waals surface area contributed by atoms with Crippen LogP contribution in [-0.4, -0.2) is 49.1 Å². The molecule has 7 nitrogen and oxygen atoms in total. The summed E-state index contributed by atoms with van der Waals surface area (Å²) in [6, 6.07) is 9.77. The van der Waals surface area contributed by atoms with Crippen LogP contribution in [0, 0.1) is 11.7 Å². The number of benzene rings is 1. The molecular weight excluding hydrogens is 347 g/mol. The van der Waals surface area contributed by atoms with Crippen molar-refractivity contribution in [2.75, 3.05) is 13.1 Å². The maximum absolute atomic E-state index is 13.9. The molecule has 2 aromatic heterocycles. The van der Waals surface area contributed by atoms with Crippen LogP contribution in [0.1, 0.15) is 23.2 Å². The average Bonchev–Trinajstić information content (AvgIpc) is 3.17. The van der Waals surface area contributed by atoms with Crippen LogP contribution in [0.5, 0.6) is 0 Å². The lowest BCUT2D eigenvalue weighted by Crippen LogP contribution is -2.41. The van der Waals surface area contributed by atoms with E-state index in [2.05, 4.69) is 20.4 Å². The van der Waals surface area contributed by atoms with Crippen LogP contribution < -0.4 is 0 Å². The standard InChI is InChI=1S/C19H19FN6O/c20-17-6-2-1-5-16(17)19(27)25-11-3-4-14(12-25)13-26-23-18(22-24-26)15-7-9-21-10-8-15/h1-2,5-10,14H,3-4,11-13H2/t14-/m1/s1. The highest BCUT2D eigenvalue weighted by molar-refractivity contribution is 5.94. The largest absolute Gasteiger partial charge is 0.338 e. The van der Waals surface area contributed by atoms with Crippen molar-refractivity contribution in [3.05, 3.63) is 60.2 Å². The van der Waals surface area contributed by atoms with Crippen molar-refractivity contribution in [1.82, 2.24) is 30.1 Å². The van der Waals surface area contributed by atoms with Crippen molar-refractivity contribution >= 4 is 5.91 Å². The normalized spacial score (nSPS) is 17.1. The summed E-state index contributed by atoms with van der Waals surface area (Å²) >= 11 is 0. The van der Waals surface area contributed by atoms with Crippen LogP contribution in [0.4, 0.5) is 4.39 Å². The number of rotatable bonds is 4. The first-order chi connectivity index (χ1) is 13.2.